The van der Waals surface area contributed by atoms with Gasteiger partial charge in [0.1, 0.15) is 17.0 Å². The Hall–Kier alpha value is -3.19. The van der Waals surface area contributed by atoms with E-state index in [1.165, 1.54) is 16.8 Å². The second-order valence-electron chi connectivity index (χ2n) is 6.59. The Bertz CT molecular complexity index is 1020. The molecule has 1 aromatic heterocycles. The number of nitrogens with zero attached hydrogens (tertiary/aromatic N) is 2. The van der Waals surface area contributed by atoms with E-state index in [4.69, 9.17) is 11.6 Å². The Morgan fingerprint density at radius 2 is 1.79 bits per heavy atom. The van der Waals surface area contributed by atoms with Crippen LogP contribution >= 0.6 is 11.6 Å². The first-order valence-electron chi connectivity index (χ1n) is 8.90. The van der Waals surface area contributed by atoms with Crippen LogP contribution in [0, 0.1) is 12.7 Å². The summed E-state index contributed by atoms with van der Waals surface area (Å²) in [5.74, 6) is -2.11. The first-order valence-corrected chi connectivity index (χ1v) is 9.28. The summed E-state index contributed by atoms with van der Waals surface area (Å²) < 4.78 is 14.5. The molecule has 0 aliphatic heterocycles. The van der Waals surface area contributed by atoms with E-state index >= 15 is 0 Å². The summed E-state index contributed by atoms with van der Waals surface area (Å²) in [6.07, 6.45) is 0.141. The van der Waals surface area contributed by atoms with E-state index in [0.717, 1.165) is 11.1 Å². The third-order valence-electron chi connectivity index (χ3n) is 4.42. The average molecular weight is 416 g/mol. The van der Waals surface area contributed by atoms with Crippen molar-refractivity contribution in [2.24, 2.45) is 0 Å². The van der Waals surface area contributed by atoms with E-state index < -0.39 is 17.9 Å². The number of carbonyl (C=O) groups excluding carboxylic acids is 1. The number of halogens is 2. The van der Waals surface area contributed by atoms with Crippen molar-refractivity contribution in [1.29, 1.82) is 0 Å². The van der Waals surface area contributed by atoms with Crippen molar-refractivity contribution in [2.75, 3.05) is 0 Å². The minimum Gasteiger partial charge on any atom is -0.480 e. The zero-order valence-corrected chi connectivity index (χ0v) is 16.4. The Labute approximate surface area is 171 Å². The maximum atomic E-state index is 13.1. The van der Waals surface area contributed by atoms with Gasteiger partial charge in [-0.3, -0.25) is 4.79 Å². The van der Waals surface area contributed by atoms with E-state index in [9.17, 15) is 19.1 Å². The SMILES string of the molecule is Cc1nn(Cc2ccc(F)cc2)c(Cl)c1C(=O)N[C@H](Cc1ccccc1)C(=O)O. The summed E-state index contributed by atoms with van der Waals surface area (Å²) in [5, 5.41) is 16.4. The molecule has 1 heterocycles. The second-order valence-corrected chi connectivity index (χ2v) is 6.95. The molecular formula is C21H19ClFN3O3. The van der Waals surface area contributed by atoms with Gasteiger partial charge in [-0.05, 0) is 30.2 Å². The molecule has 2 N–H and O–H groups in total. The summed E-state index contributed by atoms with van der Waals surface area (Å²) in [6, 6.07) is 13.8. The Morgan fingerprint density at radius 3 is 2.41 bits per heavy atom. The molecule has 0 bridgehead atoms. The number of aliphatic carboxylic acids is 1. The number of hydrogen-bond donors (Lipinski definition) is 2. The van der Waals surface area contributed by atoms with Crippen LogP contribution in [0.3, 0.4) is 0 Å². The molecule has 0 saturated heterocycles. The van der Waals surface area contributed by atoms with Crippen LogP contribution in [0.5, 0.6) is 0 Å². The largest absolute Gasteiger partial charge is 0.480 e. The molecule has 1 amide bonds. The summed E-state index contributed by atoms with van der Waals surface area (Å²) in [4.78, 5) is 24.4. The maximum absolute atomic E-state index is 13.1. The van der Waals surface area contributed by atoms with Crippen molar-refractivity contribution in [3.05, 3.63) is 88.0 Å². The van der Waals surface area contributed by atoms with Crippen molar-refractivity contribution in [2.45, 2.75) is 25.9 Å². The van der Waals surface area contributed by atoms with E-state index in [0.29, 0.717) is 5.69 Å². The lowest BCUT2D eigenvalue weighted by Gasteiger charge is -2.14. The molecule has 6 nitrogen and oxygen atoms in total. The van der Waals surface area contributed by atoms with Crippen molar-refractivity contribution in [3.8, 4) is 0 Å². The summed E-state index contributed by atoms with van der Waals surface area (Å²) >= 11 is 6.35. The first kappa shape index (κ1) is 20.5. The van der Waals surface area contributed by atoms with Crippen LogP contribution in [-0.2, 0) is 17.8 Å². The normalized spacial score (nSPS) is 11.8. The molecule has 29 heavy (non-hydrogen) atoms. The van der Waals surface area contributed by atoms with Crippen molar-refractivity contribution in [3.63, 3.8) is 0 Å². The maximum Gasteiger partial charge on any atom is 0.326 e. The van der Waals surface area contributed by atoms with E-state index in [-0.39, 0.29) is 29.5 Å². The van der Waals surface area contributed by atoms with Gasteiger partial charge in [-0.2, -0.15) is 5.10 Å². The molecule has 0 spiro atoms. The number of carbonyl (C=O) groups is 2. The van der Waals surface area contributed by atoms with Gasteiger partial charge in [-0.15, -0.1) is 0 Å². The topological polar surface area (TPSA) is 84.2 Å². The van der Waals surface area contributed by atoms with Crippen molar-refractivity contribution >= 4 is 23.5 Å². The molecule has 0 saturated carbocycles. The van der Waals surface area contributed by atoms with Crippen LogP contribution in [0.4, 0.5) is 4.39 Å². The number of carboxylic acids is 1. The molecule has 0 unspecified atom stereocenters. The minimum absolute atomic E-state index is 0.0909. The Kier molecular flexibility index (Phi) is 6.29. The number of benzene rings is 2. The van der Waals surface area contributed by atoms with Crippen LogP contribution in [0.2, 0.25) is 5.15 Å². The lowest BCUT2D eigenvalue weighted by atomic mass is 10.1. The molecule has 150 valence electrons. The van der Waals surface area contributed by atoms with Crippen molar-refractivity contribution in [1.82, 2.24) is 15.1 Å². The molecule has 0 aliphatic rings. The van der Waals surface area contributed by atoms with Crippen LogP contribution in [0.15, 0.2) is 54.6 Å². The predicted molar refractivity (Wildman–Crippen MR) is 107 cm³/mol. The van der Waals surface area contributed by atoms with E-state index in [1.807, 2.05) is 6.07 Å². The standard InChI is InChI=1S/C21H19ClFN3O3/c1-13-18(19(22)26(25-13)12-15-7-9-16(23)10-8-15)20(27)24-17(21(28)29)11-14-5-3-2-4-6-14/h2-10,17H,11-12H2,1H3,(H,24,27)(H,28,29)/t17-/m1/s1. The molecule has 0 fully saturated rings. The molecule has 3 rings (SSSR count). The van der Waals surface area contributed by atoms with Gasteiger partial charge >= 0.3 is 5.97 Å². The summed E-state index contributed by atoms with van der Waals surface area (Å²) in [7, 11) is 0. The number of nitrogens with one attached hydrogen (secondary N) is 1. The molecule has 1 atom stereocenters. The molecule has 0 radical (unpaired) electrons. The number of rotatable bonds is 7. The van der Waals surface area contributed by atoms with Gasteiger partial charge in [-0.25, -0.2) is 13.9 Å². The highest BCUT2D eigenvalue weighted by Crippen LogP contribution is 2.21. The van der Waals surface area contributed by atoms with Gasteiger partial charge in [0.05, 0.1) is 17.8 Å². The predicted octanol–water partition coefficient (Wildman–Crippen LogP) is 3.46. The molecule has 8 heteroatoms. The lowest BCUT2D eigenvalue weighted by molar-refractivity contribution is -0.139. The number of aromatic nitrogens is 2. The fourth-order valence-electron chi connectivity index (χ4n) is 2.96. The molecule has 0 aliphatic carbocycles. The zero-order chi connectivity index (χ0) is 21.0. The highest BCUT2D eigenvalue weighted by Gasteiger charge is 2.26. The highest BCUT2D eigenvalue weighted by atomic mass is 35.5. The van der Waals surface area contributed by atoms with Crippen molar-refractivity contribution < 1.29 is 19.1 Å². The number of aryl methyl sites for hydroxylation is 1. The third-order valence-corrected chi connectivity index (χ3v) is 4.81. The second kappa shape index (κ2) is 8.87. The minimum atomic E-state index is -1.14. The Morgan fingerprint density at radius 1 is 1.14 bits per heavy atom. The molecular weight excluding hydrogens is 397 g/mol. The smallest absolute Gasteiger partial charge is 0.326 e. The van der Waals surface area contributed by atoms with Crippen LogP contribution in [0.25, 0.3) is 0 Å². The van der Waals surface area contributed by atoms with Crippen LogP contribution in [0.1, 0.15) is 27.2 Å². The summed E-state index contributed by atoms with van der Waals surface area (Å²) in [6.45, 7) is 1.87. The average Bonchev–Trinajstić information content (AvgIpc) is 2.97. The number of carboxylic acid groups (broad SMARTS) is 1. The lowest BCUT2D eigenvalue weighted by Crippen LogP contribution is -2.42. The third kappa shape index (κ3) is 5.00. The van der Waals surface area contributed by atoms with E-state index in [2.05, 4.69) is 10.4 Å². The van der Waals surface area contributed by atoms with Gasteiger partial charge < -0.3 is 10.4 Å². The van der Waals surface area contributed by atoms with Gasteiger partial charge in [0.15, 0.2) is 0 Å². The fourth-order valence-corrected chi connectivity index (χ4v) is 3.28. The van der Waals surface area contributed by atoms with Gasteiger partial charge in [-0.1, -0.05) is 54.1 Å². The van der Waals surface area contributed by atoms with Crippen LogP contribution < -0.4 is 5.32 Å². The molecule has 2 aromatic carbocycles. The highest BCUT2D eigenvalue weighted by molar-refractivity contribution is 6.33. The number of hydrogen-bond acceptors (Lipinski definition) is 3. The summed E-state index contributed by atoms with van der Waals surface area (Å²) in [5.41, 5.74) is 2.04. The number of amides is 1. The molecule has 3 aromatic rings. The van der Waals surface area contributed by atoms with Crippen LogP contribution in [-0.4, -0.2) is 32.8 Å². The first-order chi connectivity index (χ1) is 13.8. The van der Waals surface area contributed by atoms with Gasteiger partial charge in [0.2, 0.25) is 0 Å². The fraction of sp³-hybridized carbons (Fsp3) is 0.190. The zero-order valence-electron chi connectivity index (χ0n) is 15.6. The quantitative estimate of drug-likeness (QED) is 0.619. The van der Waals surface area contributed by atoms with Gasteiger partial charge in [0.25, 0.3) is 5.91 Å². The van der Waals surface area contributed by atoms with Gasteiger partial charge in [0, 0.05) is 6.42 Å². The monoisotopic (exact) mass is 415 g/mol. The van der Waals surface area contributed by atoms with E-state index in [1.54, 1.807) is 43.3 Å². The Balaban J connectivity index is 1.78.